The van der Waals surface area contributed by atoms with Crippen LogP contribution in [0.4, 0.5) is 10.6 Å². The van der Waals surface area contributed by atoms with Crippen molar-refractivity contribution < 1.29 is 9.90 Å². The largest absolute Gasteiger partial charge is 0.508 e. The molecule has 0 spiro atoms. The quantitative estimate of drug-likeness (QED) is 0.637. The number of hydrogen-bond acceptors (Lipinski definition) is 6. The number of hydrogen-bond donors (Lipinski definition) is 3. The summed E-state index contributed by atoms with van der Waals surface area (Å²) in [6.45, 7) is 2.28. The van der Waals surface area contributed by atoms with Crippen molar-refractivity contribution in [3.63, 3.8) is 0 Å². The van der Waals surface area contributed by atoms with Gasteiger partial charge in [-0.25, -0.2) is 14.8 Å². The Morgan fingerprint density at radius 3 is 2.67 bits per heavy atom. The molecule has 3 rings (SSSR count). The lowest BCUT2D eigenvalue weighted by atomic mass is 10.1. The molecule has 0 saturated heterocycles. The van der Waals surface area contributed by atoms with Crippen LogP contribution >= 0.6 is 12.8 Å². The van der Waals surface area contributed by atoms with Gasteiger partial charge in [-0.05, 0) is 43.3 Å². The number of aromatic hydroxyl groups is 1. The van der Waals surface area contributed by atoms with E-state index in [0.717, 1.165) is 5.56 Å². The smallest absolute Gasteiger partial charge is 0.332 e. The van der Waals surface area contributed by atoms with Crippen LogP contribution in [0.25, 0.3) is 22.4 Å². The monoisotopic (exact) mass is 341 g/mol. The van der Waals surface area contributed by atoms with E-state index < -0.39 is 0 Å². The minimum Gasteiger partial charge on any atom is -0.508 e. The fourth-order valence-corrected chi connectivity index (χ4v) is 2.11. The first-order valence-corrected chi connectivity index (χ1v) is 7.67. The molecule has 0 radical (unpaired) electrons. The van der Waals surface area contributed by atoms with E-state index >= 15 is 0 Å². The minimum atomic E-state index is -0.365. The molecule has 0 saturated carbocycles. The summed E-state index contributed by atoms with van der Waals surface area (Å²) < 4.78 is 1.24. The molecular formula is C16H15N5O2S. The molecule has 2 heterocycles. The summed E-state index contributed by atoms with van der Waals surface area (Å²) >= 11 is 4.05. The van der Waals surface area contributed by atoms with Crippen molar-refractivity contribution in [1.82, 2.24) is 19.3 Å². The normalized spacial score (nSPS) is 10.6. The highest BCUT2D eigenvalue weighted by Gasteiger charge is 2.10. The van der Waals surface area contributed by atoms with Crippen LogP contribution in [0.2, 0.25) is 0 Å². The fraction of sp³-hybridized carbons (Fsp3) is 0.125. The SMILES string of the molecule is CCN(S)C(=O)Nc1ccc2ncc(-c3ccc(O)cc3)nc2n1. The van der Waals surface area contributed by atoms with Gasteiger partial charge in [0.25, 0.3) is 0 Å². The lowest BCUT2D eigenvalue weighted by Crippen LogP contribution is -2.27. The molecule has 0 atom stereocenters. The van der Waals surface area contributed by atoms with Crippen molar-refractivity contribution in [3.05, 3.63) is 42.6 Å². The number of pyridine rings is 1. The number of thiol groups is 1. The van der Waals surface area contributed by atoms with Crippen LogP contribution in [0.5, 0.6) is 5.75 Å². The maximum Gasteiger partial charge on any atom is 0.332 e. The van der Waals surface area contributed by atoms with Gasteiger partial charge in [-0.1, -0.05) is 12.8 Å². The Bertz CT molecular complexity index is 885. The summed E-state index contributed by atoms with van der Waals surface area (Å²) in [5, 5.41) is 12.0. The van der Waals surface area contributed by atoms with Crippen molar-refractivity contribution in [2.75, 3.05) is 11.9 Å². The van der Waals surface area contributed by atoms with Crippen LogP contribution in [0.3, 0.4) is 0 Å². The zero-order valence-electron chi connectivity index (χ0n) is 12.8. The summed E-state index contributed by atoms with van der Waals surface area (Å²) in [7, 11) is 0. The number of fused-ring (bicyclic) bond motifs is 1. The highest BCUT2D eigenvalue weighted by atomic mass is 32.1. The number of nitrogens with one attached hydrogen (secondary N) is 1. The minimum absolute atomic E-state index is 0.183. The summed E-state index contributed by atoms with van der Waals surface area (Å²) in [4.78, 5) is 25.0. The van der Waals surface area contributed by atoms with E-state index in [1.807, 2.05) is 6.92 Å². The van der Waals surface area contributed by atoms with Crippen molar-refractivity contribution in [2.45, 2.75) is 6.92 Å². The summed E-state index contributed by atoms with van der Waals surface area (Å²) in [6.07, 6.45) is 1.64. The van der Waals surface area contributed by atoms with Crippen LogP contribution in [-0.4, -0.2) is 36.9 Å². The fourth-order valence-electron chi connectivity index (χ4n) is 2.06. The molecule has 2 aromatic heterocycles. The molecular weight excluding hydrogens is 326 g/mol. The number of benzene rings is 1. The first-order chi connectivity index (χ1) is 11.6. The third kappa shape index (κ3) is 3.38. The predicted molar refractivity (Wildman–Crippen MR) is 94.8 cm³/mol. The first-order valence-electron chi connectivity index (χ1n) is 7.27. The standard InChI is InChI=1S/C16H15N5O2S/c1-2-21(24)16(23)20-14-8-7-12-15(19-14)18-13(9-17-12)10-3-5-11(22)6-4-10/h3-9,22,24H,2H2,1H3,(H,18,19,20,23). The van der Waals surface area contributed by atoms with Gasteiger partial charge in [-0.2, -0.15) is 0 Å². The second-order valence-corrected chi connectivity index (χ2v) is 5.47. The van der Waals surface area contributed by atoms with Gasteiger partial charge >= 0.3 is 6.03 Å². The number of phenolic OH excluding ortho intramolecular Hbond substituents is 1. The van der Waals surface area contributed by atoms with E-state index in [0.29, 0.717) is 29.2 Å². The number of aromatic nitrogens is 3. The van der Waals surface area contributed by atoms with E-state index in [9.17, 15) is 9.90 Å². The molecule has 122 valence electrons. The number of phenols is 1. The Balaban J connectivity index is 1.93. The zero-order chi connectivity index (χ0) is 17.1. The average Bonchev–Trinajstić information content (AvgIpc) is 2.61. The molecule has 0 aliphatic rings. The second-order valence-electron chi connectivity index (χ2n) is 4.99. The molecule has 1 aromatic carbocycles. The van der Waals surface area contributed by atoms with Crippen LogP contribution < -0.4 is 5.32 Å². The second kappa shape index (κ2) is 6.71. The van der Waals surface area contributed by atoms with E-state index in [-0.39, 0.29) is 11.8 Å². The maximum atomic E-state index is 11.8. The van der Waals surface area contributed by atoms with Gasteiger partial charge in [-0.15, -0.1) is 0 Å². The van der Waals surface area contributed by atoms with Gasteiger partial charge in [-0.3, -0.25) is 14.6 Å². The van der Waals surface area contributed by atoms with Gasteiger partial charge in [0.15, 0.2) is 5.65 Å². The Kier molecular flexibility index (Phi) is 4.48. The van der Waals surface area contributed by atoms with Crippen molar-refractivity contribution in [1.29, 1.82) is 0 Å². The van der Waals surface area contributed by atoms with Gasteiger partial charge in [0.1, 0.15) is 17.1 Å². The number of carbonyl (C=O) groups excluding carboxylic acids is 1. The molecule has 0 bridgehead atoms. The Labute approximate surface area is 143 Å². The summed E-state index contributed by atoms with van der Waals surface area (Å²) in [5.74, 6) is 0.556. The highest BCUT2D eigenvalue weighted by molar-refractivity contribution is 7.78. The maximum absolute atomic E-state index is 11.8. The topological polar surface area (TPSA) is 91.2 Å². The number of anilines is 1. The van der Waals surface area contributed by atoms with E-state index in [4.69, 9.17) is 0 Å². The molecule has 7 nitrogen and oxygen atoms in total. The Hall–Kier alpha value is -2.87. The van der Waals surface area contributed by atoms with Gasteiger partial charge < -0.3 is 5.11 Å². The van der Waals surface area contributed by atoms with Gasteiger partial charge in [0, 0.05) is 12.1 Å². The molecule has 0 fully saturated rings. The average molecular weight is 341 g/mol. The van der Waals surface area contributed by atoms with E-state index in [2.05, 4.69) is 33.1 Å². The predicted octanol–water partition coefficient (Wildman–Crippen LogP) is 3.10. The van der Waals surface area contributed by atoms with Gasteiger partial charge in [0.2, 0.25) is 0 Å². The summed E-state index contributed by atoms with van der Waals surface area (Å²) in [6, 6.07) is 9.69. The molecule has 3 aromatic rings. The zero-order valence-corrected chi connectivity index (χ0v) is 13.7. The number of carbonyl (C=O) groups is 1. The number of rotatable bonds is 3. The van der Waals surface area contributed by atoms with Crippen LogP contribution in [0, 0.1) is 0 Å². The lowest BCUT2D eigenvalue weighted by molar-refractivity contribution is 0.240. The molecule has 8 heteroatoms. The van der Waals surface area contributed by atoms with Crippen molar-refractivity contribution >= 4 is 35.8 Å². The highest BCUT2D eigenvalue weighted by Crippen LogP contribution is 2.21. The third-order valence-corrected chi connectivity index (χ3v) is 3.80. The molecule has 2 N–H and O–H groups in total. The van der Waals surface area contributed by atoms with E-state index in [1.165, 1.54) is 4.31 Å². The Morgan fingerprint density at radius 2 is 1.96 bits per heavy atom. The number of amides is 2. The first kappa shape index (κ1) is 16.0. The van der Waals surface area contributed by atoms with E-state index in [1.54, 1.807) is 42.6 Å². The molecule has 2 amide bonds. The molecule has 0 unspecified atom stereocenters. The molecule has 24 heavy (non-hydrogen) atoms. The summed E-state index contributed by atoms with van der Waals surface area (Å²) in [5.41, 5.74) is 2.48. The number of nitrogens with zero attached hydrogens (tertiary/aromatic N) is 4. The van der Waals surface area contributed by atoms with Crippen molar-refractivity contribution in [2.24, 2.45) is 0 Å². The lowest BCUT2D eigenvalue weighted by Gasteiger charge is -2.13. The number of urea groups is 1. The van der Waals surface area contributed by atoms with Crippen LogP contribution in [0.1, 0.15) is 6.92 Å². The Morgan fingerprint density at radius 1 is 1.21 bits per heavy atom. The van der Waals surface area contributed by atoms with Crippen LogP contribution in [-0.2, 0) is 0 Å². The van der Waals surface area contributed by atoms with Gasteiger partial charge in [0.05, 0.1) is 11.9 Å². The molecule has 0 aliphatic heterocycles. The van der Waals surface area contributed by atoms with Crippen molar-refractivity contribution in [3.8, 4) is 17.0 Å². The van der Waals surface area contributed by atoms with Crippen LogP contribution in [0.15, 0.2) is 42.6 Å². The third-order valence-electron chi connectivity index (χ3n) is 3.34. The molecule has 0 aliphatic carbocycles.